The van der Waals surface area contributed by atoms with Gasteiger partial charge in [0.15, 0.2) is 0 Å². The second-order valence-corrected chi connectivity index (χ2v) is 4.87. The number of nitrogens with zero attached hydrogens (tertiary/aromatic N) is 1. The lowest BCUT2D eigenvalue weighted by atomic mass is 10.1. The summed E-state index contributed by atoms with van der Waals surface area (Å²) < 4.78 is 5.83. The van der Waals surface area contributed by atoms with Crippen molar-refractivity contribution >= 4 is 16.7 Å². The summed E-state index contributed by atoms with van der Waals surface area (Å²) in [6.45, 7) is 1.99. The fourth-order valence-corrected chi connectivity index (χ4v) is 2.16. The van der Waals surface area contributed by atoms with Crippen LogP contribution in [0.25, 0.3) is 10.9 Å². The molecule has 3 N–H and O–H groups in total. The Morgan fingerprint density at radius 1 is 1.10 bits per heavy atom. The van der Waals surface area contributed by atoms with Crippen molar-refractivity contribution < 1.29 is 4.74 Å². The highest BCUT2D eigenvalue weighted by molar-refractivity contribution is 6.00. The van der Waals surface area contributed by atoms with Crippen LogP contribution in [0.1, 0.15) is 11.1 Å². The van der Waals surface area contributed by atoms with Crippen LogP contribution in [0, 0.1) is 12.3 Å². The summed E-state index contributed by atoms with van der Waals surface area (Å²) >= 11 is 0. The van der Waals surface area contributed by atoms with Gasteiger partial charge in [0.2, 0.25) is 5.88 Å². The van der Waals surface area contributed by atoms with Gasteiger partial charge >= 0.3 is 0 Å². The first-order valence-corrected chi connectivity index (χ1v) is 6.62. The number of rotatable bonds is 3. The van der Waals surface area contributed by atoms with Crippen LogP contribution in [0.15, 0.2) is 54.6 Å². The second kappa shape index (κ2) is 5.25. The van der Waals surface area contributed by atoms with Crippen LogP contribution in [0.4, 0.5) is 0 Å². The largest absolute Gasteiger partial charge is 0.438 e. The fraction of sp³-hybridized carbons (Fsp3) is 0.0588. The molecule has 4 nitrogen and oxygen atoms in total. The van der Waals surface area contributed by atoms with Gasteiger partial charge in [0.1, 0.15) is 11.6 Å². The average Bonchev–Trinajstić information content (AvgIpc) is 2.46. The predicted molar refractivity (Wildman–Crippen MR) is 84.0 cm³/mol. The van der Waals surface area contributed by atoms with Crippen LogP contribution in [-0.4, -0.2) is 10.8 Å². The molecule has 0 aliphatic carbocycles. The van der Waals surface area contributed by atoms with Gasteiger partial charge in [-0.15, -0.1) is 0 Å². The van der Waals surface area contributed by atoms with E-state index in [9.17, 15) is 0 Å². The summed E-state index contributed by atoms with van der Waals surface area (Å²) in [5.41, 5.74) is 8.05. The highest BCUT2D eigenvalue weighted by Gasteiger charge is 2.11. The van der Waals surface area contributed by atoms with Crippen molar-refractivity contribution in [2.75, 3.05) is 0 Å². The van der Waals surface area contributed by atoms with Crippen LogP contribution >= 0.6 is 0 Å². The lowest BCUT2D eigenvalue weighted by molar-refractivity contribution is 0.463. The molecular weight excluding hydrogens is 262 g/mol. The Morgan fingerprint density at radius 2 is 1.90 bits per heavy atom. The zero-order valence-electron chi connectivity index (χ0n) is 11.6. The molecule has 3 rings (SSSR count). The van der Waals surface area contributed by atoms with Crippen LogP contribution in [0.2, 0.25) is 0 Å². The van der Waals surface area contributed by atoms with Gasteiger partial charge in [-0.2, -0.15) is 0 Å². The molecule has 104 valence electrons. The average molecular weight is 277 g/mol. The maximum absolute atomic E-state index is 7.72. The molecule has 0 aliphatic rings. The summed E-state index contributed by atoms with van der Waals surface area (Å²) in [6, 6.07) is 17.2. The summed E-state index contributed by atoms with van der Waals surface area (Å²) in [7, 11) is 0. The molecule has 4 heteroatoms. The maximum atomic E-state index is 7.72. The highest BCUT2D eigenvalue weighted by atomic mass is 16.5. The third kappa shape index (κ3) is 2.69. The van der Waals surface area contributed by atoms with E-state index in [-0.39, 0.29) is 5.84 Å². The number of amidine groups is 1. The van der Waals surface area contributed by atoms with Crippen molar-refractivity contribution in [1.29, 1.82) is 5.41 Å². The molecule has 1 heterocycles. The van der Waals surface area contributed by atoms with Crippen molar-refractivity contribution in [2.24, 2.45) is 5.73 Å². The van der Waals surface area contributed by atoms with Gasteiger partial charge in [-0.1, -0.05) is 30.3 Å². The number of para-hydroxylation sites is 1. The van der Waals surface area contributed by atoms with Gasteiger partial charge in [0.25, 0.3) is 0 Å². The molecule has 0 spiro atoms. The van der Waals surface area contributed by atoms with Crippen LogP contribution in [0.5, 0.6) is 11.6 Å². The minimum absolute atomic E-state index is 0.0593. The Bertz CT molecular complexity index is 827. The molecule has 0 bridgehead atoms. The summed E-state index contributed by atoms with van der Waals surface area (Å²) in [5, 5.41) is 8.65. The summed E-state index contributed by atoms with van der Waals surface area (Å²) in [5.74, 6) is 0.975. The normalized spacial score (nSPS) is 10.5. The standard InChI is InChI=1S/C17H15N3O/c1-11-5-4-7-13(9-11)21-17-14(16(18)19)10-12-6-2-3-8-15(12)20-17/h2-10H,1H3,(H3,18,19). The lowest BCUT2D eigenvalue weighted by Gasteiger charge is -2.11. The van der Waals surface area contributed by atoms with Gasteiger partial charge in [-0.25, -0.2) is 4.98 Å². The van der Waals surface area contributed by atoms with Crippen molar-refractivity contribution in [3.8, 4) is 11.6 Å². The first-order valence-electron chi connectivity index (χ1n) is 6.62. The Balaban J connectivity index is 2.11. The van der Waals surface area contributed by atoms with E-state index < -0.39 is 0 Å². The van der Waals surface area contributed by atoms with Gasteiger partial charge in [0.05, 0.1) is 11.1 Å². The molecule has 3 aromatic rings. The van der Waals surface area contributed by atoms with E-state index in [1.165, 1.54) is 0 Å². The van der Waals surface area contributed by atoms with E-state index in [1.54, 1.807) is 0 Å². The zero-order valence-corrected chi connectivity index (χ0v) is 11.6. The smallest absolute Gasteiger partial charge is 0.230 e. The van der Waals surface area contributed by atoms with E-state index >= 15 is 0 Å². The maximum Gasteiger partial charge on any atom is 0.230 e. The van der Waals surface area contributed by atoms with E-state index in [4.69, 9.17) is 15.9 Å². The number of nitrogens with two attached hydrogens (primary N) is 1. The van der Waals surface area contributed by atoms with Gasteiger partial charge in [-0.05, 0) is 36.8 Å². The number of nitrogen functional groups attached to an aromatic ring is 1. The van der Waals surface area contributed by atoms with Crippen molar-refractivity contribution in [1.82, 2.24) is 4.98 Å². The van der Waals surface area contributed by atoms with E-state index in [1.807, 2.05) is 61.5 Å². The molecule has 0 amide bonds. The molecular formula is C17H15N3O. The molecule has 1 aromatic heterocycles. The molecule has 0 unspecified atom stereocenters. The monoisotopic (exact) mass is 277 g/mol. The third-order valence-electron chi connectivity index (χ3n) is 3.18. The van der Waals surface area contributed by atoms with Crippen LogP contribution < -0.4 is 10.5 Å². The van der Waals surface area contributed by atoms with Crippen molar-refractivity contribution in [2.45, 2.75) is 6.92 Å². The molecule has 0 fully saturated rings. The van der Waals surface area contributed by atoms with Crippen molar-refractivity contribution in [3.63, 3.8) is 0 Å². The number of ether oxygens (including phenoxy) is 1. The number of nitrogens with one attached hydrogen (secondary N) is 1. The number of hydrogen-bond donors (Lipinski definition) is 2. The Hall–Kier alpha value is -2.88. The number of aryl methyl sites for hydroxylation is 1. The van der Waals surface area contributed by atoms with Gasteiger partial charge < -0.3 is 10.5 Å². The minimum atomic E-state index is -0.0593. The van der Waals surface area contributed by atoms with Gasteiger partial charge in [-0.3, -0.25) is 5.41 Å². The van der Waals surface area contributed by atoms with Crippen molar-refractivity contribution in [3.05, 3.63) is 65.7 Å². The first-order chi connectivity index (χ1) is 10.1. The summed E-state index contributed by atoms with van der Waals surface area (Å²) in [4.78, 5) is 4.48. The lowest BCUT2D eigenvalue weighted by Crippen LogP contribution is -2.13. The van der Waals surface area contributed by atoms with Crippen LogP contribution in [0.3, 0.4) is 0 Å². The number of pyridine rings is 1. The predicted octanol–water partition coefficient (Wildman–Crippen LogP) is 3.62. The molecule has 2 aromatic carbocycles. The SMILES string of the molecule is Cc1cccc(Oc2nc3ccccc3cc2C(=N)N)c1. The minimum Gasteiger partial charge on any atom is -0.438 e. The second-order valence-electron chi connectivity index (χ2n) is 4.87. The zero-order chi connectivity index (χ0) is 14.8. The molecule has 0 aliphatic heterocycles. The highest BCUT2D eigenvalue weighted by Crippen LogP contribution is 2.27. The number of benzene rings is 2. The molecule has 0 saturated carbocycles. The topological polar surface area (TPSA) is 72.0 Å². The number of fused-ring (bicyclic) bond motifs is 1. The molecule has 0 atom stereocenters. The third-order valence-corrected chi connectivity index (χ3v) is 3.18. The quantitative estimate of drug-likeness (QED) is 0.567. The molecule has 0 saturated heterocycles. The number of aromatic nitrogens is 1. The fourth-order valence-electron chi connectivity index (χ4n) is 2.16. The first kappa shape index (κ1) is 13.1. The Morgan fingerprint density at radius 3 is 2.67 bits per heavy atom. The van der Waals surface area contributed by atoms with E-state index in [2.05, 4.69) is 4.98 Å². The van der Waals surface area contributed by atoms with Gasteiger partial charge in [0, 0.05) is 5.39 Å². The number of hydrogen-bond acceptors (Lipinski definition) is 3. The van der Waals surface area contributed by atoms with E-state index in [0.717, 1.165) is 16.5 Å². The Labute approximate surface area is 122 Å². The Kier molecular flexibility index (Phi) is 3.28. The summed E-state index contributed by atoms with van der Waals surface area (Å²) in [6.07, 6.45) is 0. The molecule has 0 radical (unpaired) electrons. The van der Waals surface area contributed by atoms with Crippen LogP contribution in [-0.2, 0) is 0 Å². The van der Waals surface area contributed by atoms with E-state index in [0.29, 0.717) is 17.2 Å². The molecule has 21 heavy (non-hydrogen) atoms.